The molecule has 0 amide bonds. The molecular weight excluding hydrogens is 186 g/mol. The van der Waals surface area contributed by atoms with Crippen molar-refractivity contribution < 1.29 is 0 Å². The summed E-state index contributed by atoms with van der Waals surface area (Å²) in [6.07, 6.45) is 5.95. The van der Waals surface area contributed by atoms with Gasteiger partial charge in [0.15, 0.2) is 0 Å². The molecule has 0 aromatic carbocycles. The van der Waals surface area contributed by atoms with Gasteiger partial charge in [-0.3, -0.25) is 0 Å². The molecule has 2 rings (SSSR count). The molecule has 1 aromatic rings. The maximum Gasteiger partial charge on any atom is 0.120 e. The van der Waals surface area contributed by atoms with Gasteiger partial charge in [-0.15, -0.1) is 0 Å². The van der Waals surface area contributed by atoms with E-state index < -0.39 is 0 Å². The predicted octanol–water partition coefficient (Wildman–Crippen LogP) is 2.42. The Morgan fingerprint density at radius 3 is 3.07 bits per heavy atom. The molecule has 1 saturated carbocycles. The number of hydrogen-bond donors (Lipinski definition) is 2. The first-order valence-corrected chi connectivity index (χ1v) is 6.04. The van der Waals surface area contributed by atoms with E-state index in [2.05, 4.69) is 29.1 Å². The van der Waals surface area contributed by atoms with Gasteiger partial charge in [0.25, 0.3) is 0 Å². The molecule has 3 heteroatoms. The molecule has 2 N–H and O–H groups in total. The highest BCUT2D eigenvalue weighted by atomic mass is 15.0. The van der Waals surface area contributed by atoms with E-state index in [1.165, 1.54) is 18.5 Å². The standard InChI is InChI=1S/C12H21N3/c1-3-9(2)11-7-14-12(15-11)8-13-6-10-4-5-10/h7,9-10,13H,3-6,8H2,1-2H3,(H,14,15). The summed E-state index contributed by atoms with van der Waals surface area (Å²) in [5.41, 5.74) is 1.26. The lowest BCUT2D eigenvalue weighted by Crippen LogP contribution is -2.17. The molecule has 1 heterocycles. The van der Waals surface area contributed by atoms with Crippen molar-refractivity contribution in [1.82, 2.24) is 15.3 Å². The first-order valence-electron chi connectivity index (χ1n) is 6.04. The highest BCUT2D eigenvalue weighted by molar-refractivity contribution is 5.06. The molecule has 0 spiro atoms. The molecular formula is C12H21N3. The predicted molar refractivity (Wildman–Crippen MR) is 61.7 cm³/mol. The summed E-state index contributed by atoms with van der Waals surface area (Å²) in [6.45, 7) is 6.47. The summed E-state index contributed by atoms with van der Waals surface area (Å²) < 4.78 is 0. The molecule has 1 aliphatic carbocycles. The largest absolute Gasteiger partial charge is 0.345 e. The number of nitrogens with zero attached hydrogens (tertiary/aromatic N) is 1. The number of H-pyrrole nitrogens is 1. The molecule has 0 saturated heterocycles. The van der Waals surface area contributed by atoms with E-state index in [9.17, 15) is 0 Å². The van der Waals surface area contributed by atoms with Crippen molar-refractivity contribution in [3.05, 3.63) is 17.7 Å². The van der Waals surface area contributed by atoms with Gasteiger partial charge in [-0.2, -0.15) is 0 Å². The van der Waals surface area contributed by atoms with Crippen LogP contribution in [0.25, 0.3) is 0 Å². The summed E-state index contributed by atoms with van der Waals surface area (Å²) in [4.78, 5) is 7.77. The maximum absolute atomic E-state index is 4.38. The smallest absolute Gasteiger partial charge is 0.120 e. The van der Waals surface area contributed by atoms with Crippen LogP contribution in [0.4, 0.5) is 0 Å². The Hall–Kier alpha value is -0.830. The van der Waals surface area contributed by atoms with Crippen LogP contribution >= 0.6 is 0 Å². The third kappa shape index (κ3) is 3.06. The van der Waals surface area contributed by atoms with E-state index in [4.69, 9.17) is 0 Å². The minimum atomic E-state index is 0.592. The molecule has 15 heavy (non-hydrogen) atoms. The molecule has 1 aromatic heterocycles. The number of rotatable bonds is 6. The number of aromatic nitrogens is 2. The van der Waals surface area contributed by atoms with Gasteiger partial charge in [0.2, 0.25) is 0 Å². The zero-order valence-corrected chi connectivity index (χ0v) is 9.71. The molecule has 0 radical (unpaired) electrons. The van der Waals surface area contributed by atoms with Crippen LogP contribution in [-0.2, 0) is 6.54 Å². The minimum absolute atomic E-state index is 0.592. The lowest BCUT2D eigenvalue weighted by Gasteiger charge is -2.04. The van der Waals surface area contributed by atoms with Gasteiger partial charge in [-0.05, 0) is 37.6 Å². The Balaban J connectivity index is 1.77. The van der Waals surface area contributed by atoms with Gasteiger partial charge in [0, 0.05) is 11.9 Å². The Morgan fingerprint density at radius 1 is 1.60 bits per heavy atom. The topological polar surface area (TPSA) is 40.7 Å². The lowest BCUT2D eigenvalue weighted by atomic mass is 10.1. The van der Waals surface area contributed by atoms with E-state index in [1.807, 2.05) is 6.20 Å². The van der Waals surface area contributed by atoms with Crippen molar-refractivity contribution in [2.24, 2.45) is 5.92 Å². The van der Waals surface area contributed by atoms with Crippen molar-refractivity contribution in [1.29, 1.82) is 0 Å². The fraction of sp³-hybridized carbons (Fsp3) is 0.750. The summed E-state index contributed by atoms with van der Waals surface area (Å²) >= 11 is 0. The first kappa shape index (κ1) is 10.7. The van der Waals surface area contributed by atoms with Crippen molar-refractivity contribution in [2.45, 2.75) is 45.6 Å². The average Bonchev–Trinajstić information content (AvgIpc) is 2.94. The quantitative estimate of drug-likeness (QED) is 0.752. The van der Waals surface area contributed by atoms with Crippen LogP contribution in [0.3, 0.4) is 0 Å². The van der Waals surface area contributed by atoms with Crippen molar-refractivity contribution in [2.75, 3.05) is 6.54 Å². The van der Waals surface area contributed by atoms with Crippen molar-refractivity contribution in [3.63, 3.8) is 0 Å². The number of hydrogen-bond acceptors (Lipinski definition) is 2. The fourth-order valence-corrected chi connectivity index (χ4v) is 1.66. The first-order chi connectivity index (χ1) is 7.29. The summed E-state index contributed by atoms with van der Waals surface area (Å²) in [5.74, 6) is 2.61. The number of imidazole rings is 1. The minimum Gasteiger partial charge on any atom is -0.345 e. The van der Waals surface area contributed by atoms with E-state index in [-0.39, 0.29) is 0 Å². The van der Waals surface area contributed by atoms with Gasteiger partial charge in [-0.25, -0.2) is 4.98 Å². The van der Waals surface area contributed by atoms with E-state index in [1.54, 1.807) is 0 Å². The zero-order chi connectivity index (χ0) is 10.7. The third-order valence-corrected chi connectivity index (χ3v) is 3.21. The molecule has 0 bridgehead atoms. The normalized spacial score (nSPS) is 18.0. The van der Waals surface area contributed by atoms with Crippen LogP contribution in [0.1, 0.15) is 50.5 Å². The zero-order valence-electron chi connectivity index (χ0n) is 9.71. The second-order valence-corrected chi connectivity index (χ2v) is 4.67. The SMILES string of the molecule is CCC(C)c1cnc(CNCC2CC2)[nH]1. The highest BCUT2D eigenvalue weighted by Gasteiger charge is 2.20. The second-order valence-electron chi connectivity index (χ2n) is 4.67. The Kier molecular flexibility index (Phi) is 3.41. The monoisotopic (exact) mass is 207 g/mol. The third-order valence-electron chi connectivity index (χ3n) is 3.21. The van der Waals surface area contributed by atoms with E-state index in [0.717, 1.165) is 31.3 Å². The van der Waals surface area contributed by atoms with Gasteiger partial charge in [-0.1, -0.05) is 13.8 Å². The van der Waals surface area contributed by atoms with Gasteiger partial charge >= 0.3 is 0 Å². The van der Waals surface area contributed by atoms with Crippen molar-refractivity contribution in [3.8, 4) is 0 Å². The molecule has 1 unspecified atom stereocenters. The molecule has 0 aliphatic heterocycles. The van der Waals surface area contributed by atoms with E-state index in [0.29, 0.717) is 5.92 Å². The molecule has 1 fully saturated rings. The summed E-state index contributed by atoms with van der Waals surface area (Å²) in [6, 6.07) is 0. The van der Waals surface area contributed by atoms with Crippen LogP contribution in [0.5, 0.6) is 0 Å². The summed E-state index contributed by atoms with van der Waals surface area (Å²) in [5, 5.41) is 3.44. The maximum atomic E-state index is 4.38. The highest BCUT2D eigenvalue weighted by Crippen LogP contribution is 2.27. The van der Waals surface area contributed by atoms with Crippen LogP contribution < -0.4 is 5.32 Å². The lowest BCUT2D eigenvalue weighted by molar-refractivity contribution is 0.620. The Morgan fingerprint density at radius 2 is 2.40 bits per heavy atom. The van der Waals surface area contributed by atoms with Crippen LogP contribution in [-0.4, -0.2) is 16.5 Å². The van der Waals surface area contributed by atoms with Crippen LogP contribution in [0, 0.1) is 5.92 Å². The fourth-order valence-electron chi connectivity index (χ4n) is 1.66. The summed E-state index contributed by atoms with van der Waals surface area (Å²) in [7, 11) is 0. The van der Waals surface area contributed by atoms with Crippen LogP contribution in [0.2, 0.25) is 0 Å². The van der Waals surface area contributed by atoms with Gasteiger partial charge in [0.05, 0.1) is 6.54 Å². The molecule has 1 atom stereocenters. The van der Waals surface area contributed by atoms with Gasteiger partial charge in [0.1, 0.15) is 5.82 Å². The molecule has 84 valence electrons. The van der Waals surface area contributed by atoms with Crippen LogP contribution in [0.15, 0.2) is 6.20 Å². The van der Waals surface area contributed by atoms with E-state index >= 15 is 0 Å². The number of aromatic amines is 1. The average molecular weight is 207 g/mol. The molecule has 3 nitrogen and oxygen atoms in total. The molecule has 1 aliphatic rings. The Bertz CT molecular complexity index is 302. The van der Waals surface area contributed by atoms with Gasteiger partial charge < -0.3 is 10.3 Å². The number of nitrogens with one attached hydrogen (secondary N) is 2. The van der Waals surface area contributed by atoms with Crippen molar-refractivity contribution >= 4 is 0 Å². The Labute approximate surface area is 91.7 Å². The second kappa shape index (κ2) is 4.79.